The van der Waals surface area contributed by atoms with Crippen molar-refractivity contribution in [2.75, 3.05) is 10.6 Å². The highest BCUT2D eigenvalue weighted by atomic mass is 127. The summed E-state index contributed by atoms with van der Waals surface area (Å²) in [5, 5.41) is 16.1. The van der Waals surface area contributed by atoms with Crippen molar-refractivity contribution in [2.45, 2.75) is 43.9 Å². The molecule has 3 N–H and O–H groups in total. The molecule has 0 radical (unpaired) electrons. The molecule has 4 fully saturated rings. The number of benzene rings is 2. The van der Waals surface area contributed by atoms with E-state index in [0.29, 0.717) is 11.2 Å². The number of carboxylic acid groups (broad SMARTS) is 1. The van der Waals surface area contributed by atoms with Crippen molar-refractivity contribution in [3.05, 3.63) is 75.5 Å². The van der Waals surface area contributed by atoms with E-state index in [1.807, 2.05) is 12.1 Å². The number of carbonyl (C=O) groups is 1. The highest BCUT2D eigenvalue weighted by molar-refractivity contribution is 14.1. The normalized spacial score (nSPS) is 26.9. The Kier molecular flexibility index (Phi) is 5.51. The van der Waals surface area contributed by atoms with Crippen molar-refractivity contribution in [3.8, 4) is 0 Å². The number of aromatic nitrogens is 1. The largest absolute Gasteiger partial charge is 0.478 e. The first-order valence-corrected chi connectivity index (χ1v) is 13.2. The lowest BCUT2D eigenvalue weighted by molar-refractivity contribution is -0.00518. The Hall–Kier alpha value is -2.61. The van der Waals surface area contributed by atoms with Crippen molar-refractivity contribution >= 4 is 51.4 Å². The Bertz CT molecular complexity index is 1210. The van der Waals surface area contributed by atoms with Gasteiger partial charge in [-0.15, -0.1) is 0 Å². The molecule has 0 spiro atoms. The highest BCUT2D eigenvalue weighted by Crippen LogP contribution is 2.60. The van der Waals surface area contributed by atoms with Crippen LogP contribution in [0.5, 0.6) is 0 Å². The fourth-order valence-electron chi connectivity index (χ4n) is 7.09. The van der Waals surface area contributed by atoms with Gasteiger partial charge in [-0.1, -0.05) is 12.1 Å². The summed E-state index contributed by atoms with van der Waals surface area (Å²) in [6.45, 7) is 0. The zero-order chi connectivity index (χ0) is 23.3. The molecule has 0 atom stereocenters. The van der Waals surface area contributed by atoms with Gasteiger partial charge in [0.25, 0.3) is 0 Å². The Morgan fingerprint density at radius 3 is 2.12 bits per heavy atom. The van der Waals surface area contributed by atoms with E-state index in [1.165, 1.54) is 44.1 Å². The molecule has 1 heterocycles. The maximum Gasteiger partial charge on any atom is 0.339 e. The van der Waals surface area contributed by atoms with Crippen molar-refractivity contribution < 1.29 is 9.90 Å². The van der Waals surface area contributed by atoms with Crippen LogP contribution in [0.4, 0.5) is 22.9 Å². The average molecular weight is 565 g/mol. The van der Waals surface area contributed by atoms with Gasteiger partial charge in [0, 0.05) is 26.8 Å². The highest BCUT2D eigenvalue weighted by Gasteiger charge is 2.51. The molecule has 3 aromatic rings. The number of halogens is 1. The third-order valence-electron chi connectivity index (χ3n) is 8.02. The predicted molar refractivity (Wildman–Crippen MR) is 143 cm³/mol. The molecule has 6 heteroatoms. The fourth-order valence-corrected chi connectivity index (χ4v) is 7.76. The lowest BCUT2D eigenvalue weighted by Gasteiger charge is -2.57. The van der Waals surface area contributed by atoms with Crippen molar-refractivity contribution in [2.24, 2.45) is 17.8 Å². The first kappa shape index (κ1) is 21.9. The molecule has 4 aliphatic rings. The summed E-state index contributed by atoms with van der Waals surface area (Å²) < 4.78 is 1.04. The van der Waals surface area contributed by atoms with Gasteiger partial charge >= 0.3 is 5.97 Å². The van der Waals surface area contributed by atoms with Crippen LogP contribution in [0.2, 0.25) is 0 Å². The van der Waals surface area contributed by atoms with E-state index < -0.39 is 5.97 Å². The number of hydrogen-bond donors (Lipinski definition) is 3. The predicted octanol–water partition coefficient (Wildman–Crippen LogP) is 7.34. The molecule has 5 nitrogen and oxygen atoms in total. The Balaban J connectivity index is 1.21. The van der Waals surface area contributed by atoms with E-state index >= 15 is 0 Å². The van der Waals surface area contributed by atoms with Gasteiger partial charge in [-0.05, 0) is 132 Å². The zero-order valence-corrected chi connectivity index (χ0v) is 21.1. The number of hydrogen-bond acceptors (Lipinski definition) is 4. The monoisotopic (exact) mass is 565 g/mol. The Morgan fingerprint density at radius 1 is 0.882 bits per heavy atom. The first-order chi connectivity index (χ1) is 16.5. The second-order valence-electron chi connectivity index (χ2n) is 10.5. The fraction of sp³-hybridized carbons (Fsp3) is 0.357. The molecule has 1 aromatic heterocycles. The van der Waals surface area contributed by atoms with Crippen LogP contribution in [-0.4, -0.2) is 16.1 Å². The smallest absolute Gasteiger partial charge is 0.339 e. The molecular weight excluding hydrogens is 537 g/mol. The number of anilines is 4. The standard InChI is InChI=1S/C28H28IN3O2/c29-21-11-23(13-24(12-21)32-26-25(27(33)34)2-1-7-30-26)31-22-5-3-20(4-6-22)28-14-17-8-18(15-28)10-19(9-17)16-28/h1-7,11-13,17-19,31H,8-10,14-16H2,(H,30,32)(H,33,34). The number of nitrogens with one attached hydrogen (secondary N) is 2. The topological polar surface area (TPSA) is 74.2 Å². The van der Waals surface area contributed by atoms with Crippen LogP contribution in [0.1, 0.15) is 54.4 Å². The molecule has 4 aliphatic carbocycles. The molecule has 4 saturated carbocycles. The Morgan fingerprint density at radius 2 is 1.50 bits per heavy atom. The second-order valence-corrected chi connectivity index (χ2v) is 11.7. The molecule has 4 bridgehead atoms. The molecule has 34 heavy (non-hydrogen) atoms. The molecule has 7 rings (SSSR count). The van der Waals surface area contributed by atoms with Crippen LogP contribution in [0.25, 0.3) is 0 Å². The second kappa shape index (κ2) is 8.56. The van der Waals surface area contributed by atoms with Gasteiger partial charge in [-0.25, -0.2) is 9.78 Å². The number of nitrogens with zero attached hydrogens (tertiary/aromatic N) is 1. The van der Waals surface area contributed by atoms with Crippen LogP contribution in [-0.2, 0) is 5.41 Å². The molecule has 0 saturated heterocycles. The molecule has 0 aliphatic heterocycles. The lowest BCUT2D eigenvalue weighted by atomic mass is 9.48. The maximum absolute atomic E-state index is 11.5. The minimum absolute atomic E-state index is 0.149. The van der Waals surface area contributed by atoms with Crippen LogP contribution in [0.3, 0.4) is 0 Å². The third-order valence-corrected chi connectivity index (χ3v) is 8.65. The molecule has 0 amide bonds. The summed E-state index contributed by atoms with van der Waals surface area (Å²) in [7, 11) is 0. The minimum atomic E-state index is -1.00. The van der Waals surface area contributed by atoms with Gasteiger partial charge in [0.1, 0.15) is 11.4 Å². The Labute approximate surface area is 213 Å². The van der Waals surface area contributed by atoms with Crippen LogP contribution >= 0.6 is 22.6 Å². The average Bonchev–Trinajstić information content (AvgIpc) is 2.78. The summed E-state index contributed by atoms with van der Waals surface area (Å²) in [4.78, 5) is 15.7. The van der Waals surface area contributed by atoms with E-state index in [4.69, 9.17) is 0 Å². The number of pyridine rings is 1. The maximum atomic E-state index is 11.5. The van der Waals surface area contributed by atoms with Crippen molar-refractivity contribution in [1.82, 2.24) is 4.98 Å². The zero-order valence-electron chi connectivity index (χ0n) is 18.9. The lowest BCUT2D eigenvalue weighted by Crippen LogP contribution is -2.48. The van der Waals surface area contributed by atoms with E-state index in [0.717, 1.165) is 38.4 Å². The van der Waals surface area contributed by atoms with E-state index in [1.54, 1.807) is 18.3 Å². The SMILES string of the molecule is O=C(O)c1cccnc1Nc1cc(I)cc(Nc2ccc(C34CC5CC(CC(C5)C3)C4)cc2)c1. The van der Waals surface area contributed by atoms with Gasteiger partial charge in [0.15, 0.2) is 0 Å². The van der Waals surface area contributed by atoms with Crippen molar-refractivity contribution in [1.29, 1.82) is 0 Å². The van der Waals surface area contributed by atoms with Crippen LogP contribution in [0, 0.1) is 21.3 Å². The van der Waals surface area contributed by atoms with Crippen LogP contribution in [0.15, 0.2) is 60.8 Å². The number of rotatable bonds is 6. The van der Waals surface area contributed by atoms with E-state index in [9.17, 15) is 9.90 Å². The van der Waals surface area contributed by atoms with Gasteiger partial charge in [-0.3, -0.25) is 0 Å². The number of carboxylic acids is 1. The van der Waals surface area contributed by atoms with Crippen LogP contribution < -0.4 is 10.6 Å². The van der Waals surface area contributed by atoms with Gasteiger partial charge < -0.3 is 15.7 Å². The summed E-state index contributed by atoms with van der Waals surface area (Å²) in [6, 6.07) is 18.3. The van der Waals surface area contributed by atoms with Crippen molar-refractivity contribution in [3.63, 3.8) is 0 Å². The van der Waals surface area contributed by atoms with Gasteiger partial charge in [0.05, 0.1) is 0 Å². The van der Waals surface area contributed by atoms with E-state index in [-0.39, 0.29) is 5.56 Å². The molecule has 0 unspecified atom stereocenters. The number of aromatic carboxylic acids is 1. The third kappa shape index (κ3) is 4.17. The summed E-state index contributed by atoms with van der Waals surface area (Å²) >= 11 is 2.28. The van der Waals surface area contributed by atoms with Gasteiger partial charge in [0.2, 0.25) is 0 Å². The molecule has 174 valence electrons. The molecular formula is C28H28IN3O2. The molecule has 2 aromatic carbocycles. The van der Waals surface area contributed by atoms with Gasteiger partial charge in [-0.2, -0.15) is 0 Å². The summed E-state index contributed by atoms with van der Waals surface area (Å²) in [6.07, 6.45) is 10.1. The minimum Gasteiger partial charge on any atom is -0.478 e. The first-order valence-electron chi connectivity index (χ1n) is 12.1. The summed E-state index contributed by atoms with van der Waals surface area (Å²) in [5.41, 5.74) is 4.89. The summed E-state index contributed by atoms with van der Waals surface area (Å²) in [5.74, 6) is 2.17. The van der Waals surface area contributed by atoms with E-state index in [2.05, 4.69) is 68.5 Å². The quantitative estimate of drug-likeness (QED) is 0.273.